The zero-order valence-electron chi connectivity index (χ0n) is 19.2. The van der Waals surface area contributed by atoms with Gasteiger partial charge in [0.2, 0.25) is 0 Å². The molecule has 180 valence electrons. The Morgan fingerprint density at radius 2 is 1.89 bits per heavy atom. The number of methoxy groups -OCH3 is 1. The van der Waals surface area contributed by atoms with E-state index in [0.29, 0.717) is 40.4 Å². The Morgan fingerprint density at radius 1 is 1.14 bits per heavy atom. The molecule has 5 rings (SSSR count). The van der Waals surface area contributed by atoms with Crippen molar-refractivity contribution in [3.05, 3.63) is 99.4 Å². The average molecular weight is 477 g/mol. The molecule has 8 nitrogen and oxygen atoms in total. The predicted molar refractivity (Wildman–Crippen MR) is 127 cm³/mol. The SMILES string of the molecule is COc1cc([C@@H]2CN(C)[C@@]3(C(=O)Nc4ccccc43)[C@@H]2[N+](=O)[O-])ccc1OCc1ccccc1F. The van der Waals surface area contributed by atoms with Crippen LogP contribution in [0.5, 0.6) is 11.5 Å². The van der Waals surface area contributed by atoms with Gasteiger partial charge in [0.1, 0.15) is 12.4 Å². The lowest BCUT2D eigenvalue weighted by Gasteiger charge is -2.30. The molecule has 1 amide bonds. The number of likely N-dealkylation sites (N-methyl/N-ethyl adjacent to an activating group) is 1. The molecule has 35 heavy (non-hydrogen) atoms. The second-order valence-corrected chi connectivity index (χ2v) is 8.77. The van der Waals surface area contributed by atoms with Crippen molar-refractivity contribution in [2.45, 2.75) is 24.1 Å². The minimum atomic E-state index is -1.42. The maximum absolute atomic E-state index is 14.0. The number of hydrogen-bond donors (Lipinski definition) is 1. The second-order valence-electron chi connectivity index (χ2n) is 8.77. The Bertz CT molecular complexity index is 1320. The van der Waals surface area contributed by atoms with E-state index >= 15 is 0 Å². The van der Waals surface area contributed by atoms with Crippen LogP contribution in [-0.2, 0) is 16.9 Å². The molecule has 0 unspecified atom stereocenters. The topological polar surface area (TPSA) is 93.9 Å². The van der Waals surface area contributed by atoms with Crippen LogP contribution >= 0.6 is 0 Å². The van der Waals surface area contributed by atoms with Gasteiger partial charge in [-0.2, -0.15) is 0 Å². The fourth-order valence-corrected chi connectivity index (χ4v) is 5.39. The molecule has 2 aliphatic rings. The van der Waals surface area contributed by atoms with E-state index in [9.17, 15) is 19.3 Å². The quantitative estimate of drug-likeness (QED) is 0.427. The number of nitro groups is 1. The molecular weight excluding hydrogens is 453 g/mol. The molecule has 3 atom stereocenters. The van der Waals surface area contributed by atoms with Crippen molar-refractivity contribution in [1.29, 1.82) is 0 Å². The molecule has 1 saturated heterocycles. The molecule has 0 saturated carbocycles. The number of carbonyl (C=O) groups is 1. The molecule has 3 aromatic carbocycles. The van der Waals surface area contributed by atoms with Gasteiger partial charge in [0.25, 0.3) is 11.9 Å². The van der Waals surface area contributed by atoms with E-state index in [4.69, 9.17) is 9.47 Å². The highest BCUT2D eigenvalue weighted by molar-refractivity contribution is 6.06. The highest BCUT2D eigenvalue weighted by Gasteiger charge is 2.68. The van der Waals surface area contributed by atoms with Crippen LogP contribution in [0.4, 0.5) is 10.1 Å². The number of ether oxygens (including phenoxy) is 2. The maximum atomic E-state index is 14.0. The van der Waals surface area contributed by atoms with Crippen molar-refractivity contribution in [1.82, 2.24) is 4.90 Å². The molecule has 2 aliphatic heterocycles. The number of benzene rings is 3. The van der Waals surface area contributed by atoms with Crippen LogP contribution in [-0.4, -0.2) is 42.5 Å². The molecule has 3 aromatic rings. The first-order valence-electron chi connectivity index (χ1n) is 11.2. The van der Waals surface area contributed by atoms with Crippen LogP contribution in [0.15, 0.2) is 66.7 Å². The molecular formula is C26H24FN3O5. The zero-order valence-corrected chi connectivity index (χ0v) is 19.2. The average Bonchev–Trinajstić information content (AvgIpc) is 3.33. The fourth-order valence-electron chi connectivity index (χ4n) is 5.39. The van der Waals surface area contributed by atoms with E-state index in [1.807, 2.05) is 0 Å². The van der Waals surface area contributed by atoms with E-state index in [0.717, 1.165) is 0 Å². The van der Waals surface area contributed by atoms with Gasteiger partial charge < -0.3 is 14.8 Å². The van der Waals surface area contributed by atoms with Gasteiger partial charge in [0.05, 0.1) is 13.0 Å². The summed E-state index contributed by atoms with van der Waals surface area (Å²) in [4.78, 5) is 27.1. The summed E-state index contributed by atoms with van der Waals surface area (Å²) in [5, 5.41) is 15.3. The fraction of sp³-hybridized carbons (Fsp3) is 0.269. The van der Waals surface area contributed by atoms with Gasteiger partial charge in [-0.1, -0.05) is 42.5 Å². The van der Waals surface area contributed by atoms with E-state index in [2.05, 4.69) is 5.32 Å². The third-order valence-electron chi connectivity index (χ3n) is 7.00. The summed E-state index contributed by atoms with van der Waals surface area (Å²) >= 11 is 0. The summed E-state index contributed by atoms with van der Waals surface area (Å²) in [7, 11) is 3.21. The van der Waals surface area contributed by atoms with Crippen LogP contribution in [0.25, 0.3) is 0 Å². The Morgan fingerprint density at radius 3 is 2.63 bits per heavy atom. The summed E-state index contributed by atoms with van der Waals surface area (Å²) in [5.74, 6) is -0.585. The number of fused-ring (bicyclic) bond motifs is 2. The lowest BCUT2D eigenvalue weighted by Crippen LogP contribution is -2.54. The normalized spacial score (nSPS) is 23.2. The van der Waals surface area contributed by atoms with Crippen molar-refractivity contribution in [2.75, 3.05) is 26.0 Å². The van der Waals surface area contributed by atoms with Crippen LogP contribution in [0.3, 0.4) is 0 Å². The smallest absolute Gasteiger partial charge is 0.256 e. The summed E-state index contributed by atoms with van der Waals surface area (Å²) in [5.41, 5.74) is 0.831. The summed E-state index contributed by atoms with van der Waals surface area (Å²) in [6.45, 7) is 0.304. The van der Waals surface area contributed by atoms with E-state index in [1.54, 1.807) is 72.6 Å². The molecule has 1 spiro atoms. The lowest BCUT2D eigenvalue weighted by atomic mass is 9.79. The minimum absolute atomic E-state index is 0.00609. The van der Waals surface area contributed by atoms with Crippen molar-refractivity contribution >= 4 is 11.6 Å². The van der Waals surface area contributed by atoms with Crippen LogP contribution in [0.1, 0.15) is 22.6 Å². The van der Waals surface area contributed by atoms with Gasteiger partial charge in [0, 0.05) is 28.3 Å². The third-order valence-corrected chi connectivity index (χ3v) is 7.00. The number of halogens is 1. The van der Waals surface area contributed by atoms with Gasteiger partial charge in [-0.15, -0.1) is 0 Å². The number of anilines is 1. The van der Waals surface area contributed by atoms with Crippen LogP contribution in [0, 0.1) is 15.9 Å². The van der Waals surface area contributed by atoms with E-state index in [-0.39, 0.29) is 17.3 Å². The Kier molecular flexibility index (Phi) is 5.64. The second kappa shape index (κ2) is 8.66. The number of amides is 1. The Hall–Kier alpha value is -3.98. The largest absolute Gasteiger partial charge is 0.493 e. The Balaban J connectivity index is 1.50. The number of para-hydroxylation sites is 1. The molecule has 0 aromatic heterocycles. The molecule has 0 radical (unpaired) electrons. The standard InChI is InChI=1S/C26H24FN3O5/c1-29-14-18(24(30(32)33)26(29)19-8-4-6-10-21(19)28-25(26)31)16-11-12-22(23(13-16)34-2)35-15-17-7-3-5-9-20(17)27/h3-13,18,24H,14-15H2,1-2H3,(H,28,31)/t18-,24+,26+/m0/s1. The van der Waals surface area contributed by atoms with Crippen LogP contribution < -0.4 is 14.8 Å². The van der Waals surface area contributed by atoms with Crippen molar-refractivity contribution < 1.29 is 23.6 Å². The lowest BCUT2D eigenvalue weighted by molar-refractivity contribution is -0.534. The minimum Gasteiger partial charge on any atom is -0.493 e. The molecule has 0 aliphatic carbocycles. The zero-order chi connectivity index (χ0) is 24.7. The summed E-state index contributed by atoms with van der Waals surface area (Å²) < 4.78 is 25.3. The molecule has 9 heteroatoms. The van der Waals surface area contributed by atoms with Gasteiger partial charge in [0.15, 0.2) is 17.0 Å². The first kappa shape index (κ1) is 22.8. The number of carbonyl (C=O) groups excluding carboxylic acids is 1. The van der Waals surface area contributed by atoms with Gasteiger partial charge in [-0.05, 0) is 36.9 Å². The number of hydrogen-bond acceptors (Lipinski definition) is 6. The number of likely N-dealkylation sites (tertiary alicyclic amines) is 1. The van der Waals surface area contributed by atoms with Gasteiger partial charge >= 0.3 is 0 Å². The third kappa shape index (κ3) is 3.50. The first-order chi connectivity index (χ1) is 16.9. The van der Waals surface area contributed by atoms with E-state index in [1.165, 1.54) is 13.2 Å². The van der Waals surface area contributed by atoms with Crippen molar-refractivity contribution in [3.63, 3.8) is 0 Å². The maximum Gasteiger partial charge on any atom is 0.256 e. The highest BCUT2D eigenvalue weighted by atomic mass is 19.1. The van der Waals surface area contributed by atoms with E-state index < -0.39 is 23.4 Å². The number of rotatable bonds is 6. The summed E-state index contributed by atoms with van der Waals surface area (Å²) in [6, 6.07) is 17.3. The number of nitrogens with zero attached hydrogens (tertiary/aromatic N) is 2. The number of nitrogens with one attached hydrogen (secondary N) is 1. The summed E-state index contributed by atoms with van der Waals surface area (Å²) in [6.07, 6.45) is 0. The Labute approximate surface area is 201 Å². The monoisotopic (exact) mass is 477 g/mol. The van der Waals surface area contributed by atoms with Crippen LogP contribution in [0.2, 0.25) is 0 Å². The van der Waals surface area contributed by atoms with Crippen molar-refractivity contribution in [3.8, 4) is 11.5 Å². The highest BCUT2D eigenvalue weighted by Crippen LogP contribution is 2.52. The molecule has 1 fully saturated rings. The van der Waals surface area contributed by atoms with Crippen molar-refractivity contribution in [2.24, 2.45) is 0 Å². The predicted octanol–water partition coefficient (Wildman–Crippen LogP) is 3.94. The van der Waals surface area contributed by atoms with Gasteiger partial charge in [-0.3, -0.25) is 19.8 Å². The first-order valence-corrected chi connectivity index (χ1v) is 11.2. The van der Waals surface area contributed by atoms with Gasteiger partial charge in [-0.25, -0.2) is 4.39 Å². The molecule has 1 N–H and O–H groups in total. The molecule has 0 bridgehead atoms. The molecule has 2 heterocycles.